The molecule has 0 aliphatic carbocycles. The Morgan fingerprint density at radius 2 is 2.00 bits per heavy atom. The van der Waals surface area contributed by atoms with E-state index in [2.05, 4.69) is 23.4 Å². The lowest BCUT2D eigenvalue weighted by molar-refractivity contribution is 0.0697. The number of hydrogen-bond acceptors (Lipinski definition) is 3. The molecule has 4 rings (SSSR count). The molecule has 1 amide bonds. The molecule has 1 fully saturated rings. The molecule has 5 heteroatoms. The number of likely N-dealkylation sites (tertiary alicyclic amines) is 1. The van der Waals surface area contributed by atoms with Crippen LogP contribution in [0.4, 0.5) is 0 Å². The van der Waals surface area contributed by atoms with Crippen molar-refractivity contribution in [1.29, 1.82) is 0 Å². The van der Waals surface area contributed by atoms with Gasteiger partial charge >= 0.3 is 0 Å². The second-order valence-corrected chi connectivity index (χ2v) is 7.49. The number of rotatable bonds is 4. The lowest BCUT2D eigenvalue weighted by Crippen LogP contribution is -2.37. The average molecular weight is 362 g/mol. The Morgan fingerprint density at radius 1 is 1.19 bits per heavy atom. The second kappa shape index (κ2) is 7.51. The van der Waals surface area contributed by atoms with Crippen LogP contribution >= 0.6 is 0 Å². The van der Waals surface area contributed by atoms with Crippen LogP contribution in [0, 0.1) is 5.92 Å². The van der Waals surface area contributed by atoms with Crippen LogP contribution in [0.1, 0.15) is 43.5 Å². The van der Waals surface area contributed by atoms with Gasteiger partial charge in [0.25, 0.3) is 5.91 Å². The molecule has 0 bridgehead atoms. The van der Waals surface area contributed by atoms with Gasteiger partial charge in [-0.1, -0.05) is 26.0 Å². The van der Waals surface area contributed by atoms with Crippen LogP contribution in [0.15, 0.2) is 42.6 Å². The largest absolute Gasteiger partial charge is 0.339 e. The number of pyridine rings is 1. The molecule has 2 aromatic heterocycles. The van der Waals surface area contributed by atoms with Gasteiger partial charge in [-0.3, -0.25) is 4.79 Å². The normalized spacial score (nSPS) is 15.4. The van der Waals surface area contributed by atoms with E-state index in [1.165, 1.54) is 0 Å². The summed E-state index contributed by atoms with van der Waals surface area (Å²) in [6, 6.07) is 11.8. The van der Waals surface area contributed by atoms with Crippen molar-refractivity contribution >= 4 is 17.1 Å². The summed E-state index contributed by atoms with van der Waals surface area (Å²) in [5.74, 6) is 1.72. The Kier molecular flexibility index (Phi) is 4.92. The van der Waals surface area contributed by atoms with Crippen LogP contribution in [0.3, 0.4) is 0 Å². The maximum atomic E-state index is 13.0. The topological polar surface area (TPSA) is 51.0 Å². The standard InChI is InChI=1S/C22H26N4O/c1-3-12-26-20(24-19-8-5-11-23-21(19)26)17-6-4-7-18(15-17)22(27)25-13-9-16(2)10-14-25/h4-8,11,15-16H,3,9-10,12-14H2,1-2H3. The van der Waals surface area contributed by atoms with Crippen molar-refractivity contribution in [3.63, 3.8) is 0 Å². The van der Waals surface area contributed by atoms with Gasteiger partial charge in [-0.25, -0.2) is 9.97 Å². The van der Waals surface area contributed by atoms with E-state index in [0.717, 1.165) is 67.0 Å². The molecule has 1 aliphatic heterocycles. The van der Waals surface area contributed by atoms with Gasteiger partial charge < -0.3 is 9.47 Å². The van der Waals surface area contributed by atoms with Crippen LogP contribution in [0.5, 0.6) is 0 Å². The molecule has 1 aromatic carbocycles. The highest BCUT2D eigenvalue weighted by Gasteiger charge is 2.22. The molecule has 0 spiro atoms. The van der Waals surface area contributed by atoms with Gasteiger partial charge in [-0.15, -0.1) is 0 Å². The fourth-order valence-corrected chi connectivity index (χ4v) is 3.80. The Balaban J connectivity index is 1.69. The van der Waals surface area contributed by atoms with Gasteiger partial charge in [0.2, 0.25) is 0 Å². The fourth-order valence-electron chi connectivity index (χ4n) is 3.80. The van der Waals surface area contributed by atoms with Gasteiger partial charge in [0.1, 0.15) is 11.3 Å². The van der Waals surface area contributed by atoms with Gasteiger partial charge in [0.15, 0.2) is 5.65 Å². The number of amides is 1. The summed E-state index contributed by atoms with van der Waals surface area (Å²) in [6.07, 6.45) is 4.98. The summed E-state index contributed by atoms with van der Waals surface area (Å²) in [6.45, 7) is 6.96. The molecule has 140 valence electrons. The van der Waals surface area contributed by atoms with Crippen molar-refractivity contribution < 1.29 is 4.79 Å². The molecule has 3 aromatic rings. The molecule has 3 heterocycles. The highest BCUT2D eigenvalue weighted by Crippen LogP contribution is 2.26. The van der Waals surface area contributed by atoms with E-state index in [0.29, 0.717) is 5.92 Å². The Hall–Kier alpha value is -2.69. The van der Waals surface area contributed by atoms with Crippen molar-refractivity contribution in [1.82, 2.24) is 19.4 Å². The molecule has 0 radical (unpaired) electrons. The third-order valence-corrected chi connectivity index (χ3v) is 5.39. The zero-order valence-electron chi connectivity index (χ0n) is 16.1. The second-order valence-electron chi connectivity index (χ2n) is 7.49. The van der Waals surface area contributed by atoms with Crippen LogP contribution < -0.4 is 0 Å². The number of carbonyl (C=O) groups excluding carboxylic acids is 1. The van der Waals surface area contributed by atoms with Crippen molar-refractivity contribution in [2.75, 3.05) is 13.1 Å². The lowest BCUT2D eigenvalue weighted by Gasteiger charge is -2.30. The van der Waals surface area contributed by atoms with Gasteiger partial charge in [-0.05, 0) is 49.4 Å². The highest BCUT2D eigenvalue weighted by atomic mass is 16.2. The highest BCUT2D eigenvalue weighted by molar-refractivity contribution is 5.95. The molecule has 1 saturated heterocycles. The summed E-state index contributed by atoms with van der Waals surface area (Å²) in [7, 11) is 0. The predicted molar refractivity (Wildman–Crippen MR) is 108 cm³/mol. The first kappa shape index (κ1) is 17.7. The van der Waals surface area contributed by atoms with E-state index in [9.17, 15) is 4.79 Å². The number of piperidine rings is 1. The van der Waals surface area contributed by atoms with E-state index in [-0.39, 0.29) is 5.91 Å². The monoisotopic (exact) mass is 362 g/mol. The third-order valence-electron chi connectivity index (χ3n) is 5.39. The molecule has 1 aliphatic rings. The lowest BCUT2D eigenvalue weighted by atomic mass is 9.98. The Bertz CT molecular complexity index is 954. The molecule has 0 saturated carbocycles. The van der Waals surface area contributed by atoms with E-state index in [4.69, 9.17) is 4.98 Å². The number of imidazole rings is 1. The van der Waals surface area contributed by atoms with E-state index >= 15 is 0 Å². The number of hydrogen-bond donors (Lipinski definition) is 0. The molecule has 0 unspecified atom stereocenters. The zero-order valence-corrected chi connectivity index (χ0v) is 16.1. The van der Waals surface area contributed by atoms with E-state index in [1.807, 2.05) is 41.3 Å². The van der Waals surface area contributed by atoms with Crippen molar-refractivity contribution in [2.45, 2.75) is 39.7 Å². The van der Waals surface area contributed by atoms with E-state index in [1.54, 1.807) is 6.20 Å². The van der Waals surface area contributed by atoms with Crippen LogP contribution in [-0.4, -0.2) is 38.4 Å². The first-order chi connectivity index (χ1) is 13.2. The Labute approximate surface area is 160 Å². The molecular formula is C22H26N4O. The van der Waals surface area contributed by atoms with Gasteiger partial charge in [-0.2, -0.15) is 0 Å². The molecular weight excluding hydrogens is 336 g/mol. The first-order valence-electron chi connectivity index (χ1n) is 9.88. The number of fused-ring (bicyclic) bond motifs is 1. The smallest absolute Gasteiger partial charge is 0.253 e. The maximum Gasteiger partial charge on any atom is 0.253 e. The molecule has 5 nitrogen and oxygen atoms in total. The number of nitrogens with zero attached hydrogens (tertiary/aromatic N) is 4. The summed E-state index contributed by atoms with van der Waals surface area (Å²) in [5.41, 5.74) is 3.50. The predicted octanol–water partition coefficient (Wildman–Crippen LogP) is 4.38. The molecule has 0 N–H and O–H groups in total. The maximum absolute atomic E-state index is 13.0. The van der Waals surface area contributed by atoms with Crippen LogP contribution in [-0.2, 0) is 6.54 Å². The number of aromatic nitrogens is 3. The van der Waals surface area contributed by atoms with Crippen LogP contribution in [0.2, 0.25) is 0 Å². The first-order valence-corrected chi connectivity index (χ1v) is 9.88. The fraction of sp³-hybridized carbons (Fsp3) is 0.409. The van der Waals surface area contributed by atoms with Crippen molar-refractivity contribution in [3.05, 3.63) is 48.2 Å². The summed E-state index contributed by atoms with van der Waals surface area (Å²) in [5, 5.41) is 0. The number of carbonyl (C=O) groups is 1. The van der Waals surface area contributed by atoms with Gasteiger partial charge in [0.05, 0.1) is 0 Å². The van der Waals surface area contributed by atoms with Gasteiger partial charge in [0, 0.05) is 37.0 Å². The number of benzene rings is 1. The minimum Gasteiger partial charge on any atom is -0.339 e. The Morgan fingerprint density at radius 3 is 2.78 bits per heavy atom. The minimum absolute atomic E-state index is 0.125. The summed E-state index contributed by atoms with van der Waals surface area (Å²) in [4.78, 5) is 24.3. The van der Waals surface area contributed by atoms with Crippen LogP contribution in [0.25, 0.3) is 22.6 Å². The van der Waals surface area contributed by atoms with E-state index < -0.39 is 0 Å². The summed E-state index contributed by atoms with van der Waals surface area (Å²) < 4.78 is 2.15. The molecule has 0 atom stereocenters. The zero-order chi connectivity index (χ0) is 18.8. The SMILES string of the molecule is CCCn1c(-c2cccc(C(=O)N3CCC(C)CC3)c2)nc2cccnc21. The quantitative estimate of drug-likeness (QED) is 0.692. The minimum atomic E-state index is 0.125. The average Bonchev–Trinajstić information content (AvgIpc) is 3.07. The number of aryl methyl sites for hydroxylation is 1. The molecule has 27 heavy (non-hydrogen) atoms. The van der Waals surface area contributed by atoms with Crippen molar-refractivity contribution in [3.8, 4) is 11.4 Å². The summed E-state index contributed by atoms with van der Waals surface area (Å²) >= 11 is 0. The third kappa shape index (κ3) is 3.46. The van der Waals surface area contributed by atoms with Crippen molar-refractivity contribution in [2.24, 2.45) is 5.92 Å².